The van der Waals surface area contributed by atoms with Crippen molar-refractivity contribution in [3.8, 4) is 11.5 Å². The lowest BCUT2D eigenvalue weighted by molar-refractivity contribution is -0.116. The molecule has 0 aliphatic carbocycles. The fourth-order valence-corrected chi connectivity index (χ4v) is 3.80. The summed E-state index contributed by atoms with van der Waals surface area (Å²) >= 11 is 0. The lowest BCUT2D eigenvalue weighted by Crippen LogP contribution is -2.25. The van der Waals surface area contributed by atoms with Crippen molar-refractivity contribution in [2.75, 3.05) is 20.8 Å². The van der Waals surface area contributed by atoms with Crippen LogP contribution in [0, 0.1) is 6.92 Å². The smallest absolute Gasteiger partial charge is 0.244 e. The van der Waals surface area contributed by atoms with Crippen LogP contribution in [-0.2, 0) is 11.3 Å². The van der Waals surface area contributed by atoms with E-state index < -0.39 is 0 Å². The lowest BCUT2D eigenvalue weighted by atomic mass is 10.1. The number of nitrogens with zero attached hydrogens (tertiary/aromatic N) is 2. The highest BCUT2D eigenvalue weighted by molar-refractivity contribution is 6.09. The van der Waals surface area contributed by atoms with Gasteiger partial charge in [-0.1, -0.05) is 12.1 Å². The molecule has 0 radical (unpaired) electrons. The fourth-order valence-electron chi connectivity index (χ4n) is 3.80. The van der Waals surface area contributed by atoms with Gasteiger partial charge in [-0.25, -0.2) is 0 Å². The average Bonchev–Trinajstić information content (AvgIpc) is 3.12. The van der Waals surface area contributed by atoms with E-state index >= 15 is 0 Å². The molecule has 2 aromatic carbocycles. The number of carbonyl (C=O) groups excluding carboxylic acids is 1. The van der Waals surface area contributed by atoms with Crippen LogP contribution < -0.4 is 14.8 Å². The minimum atomic E-state index is -0.135. The van der Waals surface area contributed by atoms with Crippen LogP contribution in [0.15, 0.2) is 60.8 Å². The van der Waals surface area contributed by atoms with E-state index in [1.807, 2.05) is 55.6 Å². The van der Waals surface area contributed by atoms with Crippen LogP contribution in [0.5, 0.6) is 11.5 Å². The first-order valence-electron chi connectivity index (χ1n) is 10.1. The molecule has 0 fully saturated rings. The number of methoxy groups -OCH3 is 2. The highest BCUT2D eigenvalue weighted by Crippen LogP contribution is 2.32. The predicted molar refractivity (Wildman–Crippen MR) is 124 cm³/mol. The van der Waals surface area contributed by atoms with Gasteiger partial charge in [0.25, 0.3) is 0 Å². The number of carbonyl (C=O) groups is 1. The summed E-state index contributed by atoms with van der Waals surface area (Å²) in [5.74, 6) is 1.45. The van der Waals surface area contributed by atoms with Gasteiger partial charge in [0.15, 0.2) is 0 Å². The van der Waals surface area contributed by atoms with Crippen molar-refractivity contribution in [3.63, 3.8) is 0 Å². The van der Waals surface area contributed by atoms with Crippen LogP contribution in [0.4, 0.5) is 0 Å². The minimum absolute atomic E-state index is 0.135. The molecule has 31 heavy (non-hydrogen) atoms. The number of amides is 1. The Morgan fingerprint density at radius 1 is 1.03 bits per heavy atom. The highest BCUT2D eigenvalue weighted by atomic mass is 16.5. The number of aromatic nitrogens is 2. The molecule has 1 amide bonds. The van der Waals surface area contributed by atoms with Crippen LogP contribution in [-0.4, -0.2) is 36.2 Å². The van der Waals surface area contributed by atoms with Gasteiger partial charge >= 0.3 is 0 Å². The number of pyridine rings is 1. The van der Waals surface area contributed by atoms with Crippen LogP contribution in [0.3, 0.4) is 0 Å². The van der Waals surface area contributed by atoms with Gasteiger partial charge in [0.2, 0.25) is 5.91 Å². The number of ether oxygens (including phenoxy) is 2. The molecule has 4 rings (SSSR count). The molecular weight excluding hydrogens is 390 g/mol. The van der Waals surface area contributed by atoms with Crippen LogP contribution in [0.25, 0.3) is 27.9 Å². The third-order valence-electron chi connectivity index (χ3n) is 5.34. The molecule has 2 aromatic heterocycles. The standard InChI is InChI=1S/C25H25N3O3/c1-17-25-22(12-13-26-17)21-10-9-20(31-3)16-23(21)28(25)15-14-27-24(29)11-6-18-4-7-19(30-2)8-5-18/h4-13,16H,14-15H2,1-3H3,(H,27,29)/b11-6+. The molecule has 0 aliphatic rings. The van der Waals surface area contributed by atoms with Crippen molar-refractivity contribution in [3.05, 3.63) is 72.1 Å². The molecular formula is C25H25N3O3. The first-order valence-corrected chi connectivity index (χ1v) is 10.1. The summed E-state index contributed by atoms with van der Waals surface area (Å²) in [5, 5.41) is 5.26. The topological polar surface area (TPSA) is 65.4 Å². The Hall–Kier alpha value is -3.80. The molecule has 0 aliphatic heterocycles. The molecule has 0 spiro atoms. The van der Waals surface area contributed by atoms with E-state index in [9.17, 15) is 4.79 Å². The molecule has 0 saturated carbocycles. The first kappa shape index (κ1) is 20.5. The number of rotatable bonds is 7. The minimum Gasteiger partial charge on any atom is -0.497 e. The van der Waals surface area contributed by atoms with E-state index in [1.54, 1.807) is 26.4 Å². The zero-order valence-electron chi connectivity index (χ0n) is 17.9. The molecule has 4 aromatic rings. The molecule has 2 heterocycles. The number of nitrogens with one attached hydrogen (secondary N) is 1. The SMILES string of the molecule is COc1ccc(/C=C/C(=O)NCCn2c3cc(OC)ccc3c3ccnc(C)c32)cc1. The number of aryl methyl sites for hydroxylation is 1. The van der Waals surface area contributed by atoms with Gasteiger partial charge in [0.1, 0.15) is 11.5 Å². The van der Waals surface area contributed by atoms with Crippen molar-refractivity contribution in [2.45, 2.75) is 13.5 Å². The van der Waals surface area contributed by atoms with E-state index in [0.717, 1.165) is 44.6 Å². The molecule has 0 bridgehead atoms. The second kappa shape index (κ2) is 8.92. The number of fused-ring (bicyclic) bond motifs is 3. The second-order valence-electron chi connectivity index (χ2n) is 7.22. The van der Waals surface area contributed by atoms with Crippen molar-refractivity contribution in [2.24, 2.45) is 0 Å². The maximum atomic E-state index is 12.3. The Morgan fingerprint density at radius 2 is 1.77 bits per heavy atom. The molecule has 6 heteroatoms. The van der Waals surface area contributed by atoms with Crippen LogP contribution >= 0.6 is 0 Å². The van der Waals surface area contributed by atoms with E-state index in [4.69, 9.17) is 9.47 Å². The summed E-state index contributed by atoms with van der Waals surface area (Å²) in [6.07, 6.45) is 5.16. The third-order valence-corrected chi connectivity index (χ3v) is 5.34. The Bertz CT molecular complexity index is 1260. The summed E-state index contributed by atoms with van der Waals surface area (Å²) in [6, 6.07) is 15.6. The number of hydrogen-bond donors (Lipinski definition) is 1. The Balaban J connectivity index is 1.51. The lowest BCUT2D eigenvalue weighted by Gasteiger charge is -2.10. The maximum Gasteiger partial charge on any atom is 0.244 e. The van der Waals surface area contributed by atoms with Gasteiger partial charge in [0.05, 0.1) is 30.9 Å². The molecule has 1 N–H and O–H groups in total. The van der Waals surface area contributed by atoms with Crippen molar-refractivity contribution >= 4 is 33.8 Å². The van der Waals surface area contributed by atoms with Crippen LogP contribution in [0.2, 0.25) is 0 Å². The first-order chi connectivity index (χ1) is 15.1. The molecule has 0 unspecified atom stereocenters. The van der Waals surface area contributed by atoms with Crippen molar-refractivity contribution < 1.29 is 14.3 Å². The van der Waals surface area contributed by atoms with Gasteiger partial charge in [-0.15, -0.1) is 0 Å². The molecule has 158 valence electrons. The van der Waals surface area contributed by atoms with Gasteiger partial charge in [-0.3, -0.25) is 9.78 Å². The summed E-state index contributed by atoms with van der Waals surface area (Å²) in [7, 11) is 3.29. The molecule has 6 nitrogen and oxygen atoms in total. The summed E-state index contributed by atoms with van der Waals surface area (Å²) in [4.78, 5) is 16.8. The largest absolute Gasteiger partial charge is 0.497 e. The van der Waals surface area contributed by atoms with Gasteiger partial charge < -0.3 is 19.4 Å². The Kier molecular flexibility index (Phi) is 5.89. The predicted octanol–water partition coefficient (Wildman–Crippen LogP) is 4.34. The van der Waals surface area contributed by atoms with E-state index in [0.29, 0.717) is 13.1 Å². The molecule has 0 saturated heterocycles. The van der Waals surface area contributed by atoms with E-state index in [1.165, 1.54) is 0 Å². The Morgan fingerprint density at radius 3 is 2.52 bits per heavy atom. The van der Waals surface area contributed by atoms with Gasteiger partial charge in [0, 0.05) is 42.2 Å². The number of hydrogen-bond acceptors (Lipinski definition) is 4. The zero-order valence-corrected chi connectivity index (χ0v) is 17.9. The second-order valence-corrected chi connectivity index (χ2v) is 7.22. The van der Waals surface area contributed by atoms with Gasteiger partial charge in [-0.2, -0.15) is 0 Å². The molecule has 0 atom stereocenters. The highest BCUT2D eigenvalue weighted by Gasteiger charge is 2.14. The maximum absolute atomic E-state index is 12.3. The summed E-state index contributed by atoms with van der Waals surface area (Å²) < 4.78 is 12.8. The Labute approximate surface area is 181 Å². The monoisotopic (exact) mass is 415 g/mol. The fraction of sp³-hybridized carbons (Fsp3) is 0.200. The zero-order chi connectivity index (χ0) is 21.8. The van der Waals surface area contributed by atoms with Crippen molar-refractivity contribution in [1.82, 2.24) is 14.9 Å². The average molecular weight is 415 g/mol. The third kappa shape index (κ3) is 4.23. The van der Waals surface area contributed by atoms with Crippen molar-refractivity contribution in [1.29, 1.82) is 0 Å². The summed E-state index contributed by atoms with van der Waals surface area (Å²) in [5.41, 5.74) is 4.03. The van der Waals surface area contributed by atoms with E-state index in [2.05, 4.69) is 20.9 Å². The quantitative estimate of drug-likeness (QED) is 0.456. The number of benzene rings is 2. The normalized spacial score (nSPS) is 11.3. The van der Waals surface area contributed by atoms with E-state index in [-0.39, 0.29) is 5.91 Å². The van der Waals surface area contributed by atoms with Gasteiger partial charge in [-0.05, 0) is 48.9 Å². The van der Waals surface area contributed by atoms with Crippen LogP contribution in [0.1, 0.15) is 11.3 Å². The summed E-state index contributed by atoms with van der Waals surface area (Å²) in [6.45, 7) is 3.13.